The zero-order valence-electron chi connectivity index (χ0n) is 16.7. The summed E-state index contributed by atoms with van der Waals surface area (Å²) in [5, 5.41) is 13.5. The van der Waals surface area contributed by atoms with E-state index in [1.165, 1.54) is 15.9 Å². The van der Waals surface area contributed by atoms with E-state index in [9.17, 15) is 9.90 Å². The van der Waals surface area contributed by atoms with Gasteiger partial charge in [-0.2, -0.15) is 0 Å². The summed E-state index contributed by atoms with van der Waals surface area (Å²) in [5.41, 5.74) is 0.541. The molecule has 0 saturated heterocycles. The van der Waals surface area contributed by atoms with E-state index >= 15 is 0 Å². The van der Waals surface area contributed by atoms with E-state index in [0.29, 0.717) is 18.0 Å². The first-order valence-corrected chi connectivity index (χ1v) is 12.3. The van der Waals surface area contributed by atoms with Crippen molar-refractivity contribution in [3.05, 3.63) is 91.0 Å². The fourth-order valence-corrected chi connectivity index (χ4v) is 10.2. The number of carboxylic acid groups (broad SMARTS) is 1. The predicted molar refractivity (Wildman–Crippen MR) is 123 cm³/mol. The van der Waals surface area contributed by atoms with E-state index in [1.54, 1.807) is 0 Å². The van der Waals surface area contributed by atoms with Gasteiger partial charge < -0.3 is 5.11 Å². The Bertz CT molecular complexity index is 820. The summed E-state index contributed by atoms with van der Waals surface area (Å²) < 4.78 is 0. The van der Waals surface area contributed by atoms with Crippen molar-refractivity contribution in [1.29, 1.82) is 0 Å². The summed E-state index contributed by atoms with van der Waals surface area (Å²) >= 11 is 0. The van der Waals surface area contributed by atoms with Crippen LogP contribution in [0.4, 0.5) is 0 Å². The first kappa shape index (κ1) is 19.9. The van der Waals surface area contributed by atoms with E-state index < -0.39 is 13.2 Å². The number of carboxylic acids is 1. The molecule has 0 atom stereocenters. The van der Waals surface area contributed by atoms with Gasteiger partial charge in [-0.15, -0.1) is 0 Å². The molecule has 1 aliphatic carbocycles. The summed E-state index contributed by atoms with van der Waals surface area (Å²) in [5.74, 6) is -0.350. The van der Waals surface area contributed by atoms with Gasteiger partial charge in [0.1, 0.15) is 23.2 Å². The van der Waals surface area contributed by atoms with Crippen LogP contribution in [-0.4, -0.2) is 16.7 Å². The highest BCUT2D eigenvalue weighted by Gasteiger charge is 2.52. The maximum absolute atomic E-state index is 11.2. The smallest absolute Gasteiger partial charge is 0.303 e. The second-order valence-electron chi connectivity index (χ2n) is 8.00. The highest BCUT2D eigenvalue weighted by Crippen LogP contribution is 2.63. The molecule has 1 N–H and O–H groups in total. The molecule has 0 heterocycles. The third kappa shape index (κ3) is 4.00. The van der Waals surface area contributed by atoms with Crippen molar-refractivity contribution >= 4 is 29.1 Å². The molecule has 1 fully saturated rings. The molecule has 2 nitrogen and oxygen atoms in total. The number of hydrogen-bond acceptors (Lipinski definition) is 1. The van der Waals surface area contributed by atoms with E-state index in [-0.39, 0.29) is 0 Å². The molecule has 3 heteroatoms. The summed E-state index contributed by atoms with van der Waals surface area (Å²) in [6.07, 6.45) is 4.49. The quantitative estimate of drug-likeness (QED) is 0.587. The molecular weight excluding hydrogens is 375 g/mol. The average molecular weight is 403 g/mol. The first-order chi connectivity index (χ1) is 14.2. The van der Waals surface area contributed by atoms with Crippen LogP contribution in [0.2, 0.25) is 0 Å². The summed E-state index contributed by atoms with van der Waals surface area (Å²) in [6, 6.07) is 33.1. The van der Waals surface area contributed by atoms with Crippen molar-refractivity contribution in [2.24, 2.45) is 5.92 Å². The van der Waals surface area contributed by atoms with Crippen LogP contribution < -0.4 is 15.9 Å². The SMILES string of the molecule is O=C(O)CC1CCC([P+](c2ccccc2)(c2ccccc2)c2ccccc2)CC1. The van der Waals surface area contributed by atoms with Crippen molar-refractivity contribution < 1.29 is 9.90 Å². The van der Waals surface area contributed by atoms with Crippen LogP contribution >= 0.6 is 7.26 Å². The molecule has 0 unspecified atom stereocenters. The zero-order chi connectivity index (χ0) is 20.1. The number of benzene rings is 3. The van der Waals surface area contributed by atoms with Gasteiger partial charge in [-0.1, -0.05) is 54.6 Å². The Morgan fingerprint density at radius 3 is 1.41 bits per heavy atom. The van der Waals surface area contributed by atoms with Crippen LogP contribution in [0.15, 0.2) is 91.0 Å². The van der Waals surface area contributed by atoms with E-state index in [1.807, 2.05) is 0 Å². The van der Waals surface area contributed by atoms with E-state index in [2.05, 4.69) is 91.0 Å². The minimum atomic E-state index is -1.84. The molecular formula is C26H28O2P+. The van der Waals surface area contributed by atoms with Crippen molar-refractivity contribution in [2.75, 3.05) is 0 Å². The van der Waals surface area contributed by atoms with Gasteiger partial charge in [0.15, 0.2) is 0 Å². The topological polar surface area (TPSA) is 37.3 Å². The molecule has 3 aromatic carbocycles. The monoisotopic (exact) mass is 403 g/mol. The van der Waals surface area contributed by atoms with Crippen molar-refractivity contribution in [2.45, 2.75) is 37.8 Å². The lowest BCUT2D eigenvalue weighted by Gasteiger charge is -2.38. The average Bonchev–Trinajstić information content (AvgIpc) is 2.77. The molecule has 0 amide bonds. The highest BCUT2D eigenvalue weighted by atomic mass is 31.2. The van der Waals surface area contributed by atoms with Gasteiger partial charge in [-0.05, 0) is 68.0 Å². The van der Waals surface area contributed by atoms with Crippen LogP contribution in [0, 0.1) is 5.92 Å². The molecule has 0 bridgehead atoms. The standard InChI is InChI=1S/C26H27O2P/c27-26(28)20-21-16-18-25(19-17-21)29(22-10-4-1-5-11-22,23-12-6-2-7-13-23)24-14-8-3-9-15-24/h1-15,21,25H,16-20H2/p+1. The van der Waals surface area contributed by atoms with Gasteiger partial charge in [0, 0.05) is 6.42 Å². The van der Waals surface area contributed by atoms with Crippen molar-refractivity contribution in [3.63, 3.8) is 0 Å². The molecule has 0 spiro atoms. The second kappa shape index (κ2) is 8.93. The fourth-order valence-electron chi connectivity index (χ4n) is 5.05. The minimum absolute atomic E-state index is 0.306. The van der Waals surface area contributed by atoms with Crippen molar-refractivity contribution in [1.82, 2.24) is 0 Å². The highest BCUT2D eigenvalue weighted by molar-refractivity contribution is 7.96. The van der Waals surface area contributed by atoms with Crippen molar-refractivity contribution in [3.8, 4) is 0 Å². The summed E-state index contributed by atoms with van der Waals surface area (Å²) in [6.45, 7) is 0. The van der Waals surface area contributed by atoms with Crippen LogP contribution in [0.25, 0.3) is 0 Å². The third-order valence-corrected chi connectivity index (χ3v) is 11.3. The Labute approximate surface area is 173 Å². The lowest BCUT2D eigenvalue weighted by atomic mass is 9.87. The van der Waals surface area contributed by atoms with Gasteiger partial charge in [-0.3, -0.25) is 4.79 Å². The first-order valence-electron chi connectivity index (χ1n) is 10.5. The molecule has 0 radical (unpaired) electrons. The largest absolute Gasteiger partial charge is 0.481 e. The molecule has 4 rings (SSSR count). The predicted octanol–water partition coefficient (Wildman–Crippen LogP) is 5.01. The normalized spacial score (nSPS) is 19.6. The lowest BCUT2D eigenvalue weighted by Crippen LogP contribution is -2.40. The van der Waals surface area contributed by atoms with Gasteiger partial charge in [0.25, 0.3) is 0 Å². The zero-order valence-corrected chi connectivity index (χ0v) is 17.5. The van der Waals surface area contributed by atoms with Crippen LogP contribution in [0.1, 0.15) is 32.1 Å². The number of aliphatic carboxylic acids is 1. The molecule has 148 valence electrons. The van der Waals surface area contributed by atoms with Crippen LogP contribution in [0.3, 0.4) is 0 Å². The van der Waals surface area contributed by atoms with Gasteiger partial charge in [0.2, 0.25) is 0 Å². The number of rotatable bonds is 6. The number of hydrogen-bond donors (Lipinski definition) is 1. The molecule has 3 aromatic rings. The molecule has 29 heavy (non-hydrogen) atoms. The molecule has 1 aliphatic rings. The Hall–Kier alpha value is -2.44. The maximum Gasteiger partial charge on any atom is 0.303 e. The summed E-state index contributed by atoms with van der Waals surface area (Å²) in [4.78, 5) is 11.2. The minimum Gasteiger partial charge on any atom is -0.481 e. The van der Waals surface area contributed by atoms with Gasteiger partial charge >= 0.3 is 5.97 Å². The molecule has 1 saturated carbocycles. The van der Waals surface area contributed by atoms with Gasteiger partial charge in [-0.25, -0.2) is 0 Å². The molecule has 0 aromatic heterocycles. The van der Waals surface area contributed by atoms with Crippen LogP contribution in [0.5, 0.6) is 0 Å². The Balaban J connectivity index is 1.84. The number of carbonyl (C=O) groups is 1. The lowest BCUT2D eigenvalue weighted by molar-refractivity contribution is -0.138. The fraction of sp³-hybridized carbons (Fsp3) is 0.269. The van der Waals surface area contributed by atoms with Crippen LogP contribution in [-0.2, 0) is 4.79 Å². The second-order valence-corrected chi connectivity index (χ2v) is 11.7. The third-order valence-electron chi connectivity index (χ3n) is 6.32. The maximum atomic E-state index is 11.2. The van der Waals surface area contributed by atoms with Gasteiger partial charge in [0.05, 0.1) is 5.66 Å². The molecule has 0 aliphatic heterocycles. The van der Waals surface area contributed by atoms with E-state index in [4.69, 9.17) is 0 Å². The summed E-state index contributed by atoms with van der Waals surface area (Å²) in [7, 11) is -1.84. The Kier molecular flexibility index (Phi) is 6.11. The van der Waals surface area contributed by atoms with E-state index in [0.717, 1.165) is 25.7 Å². The Morgan fingerprint density at radius 1 is 0.690 bits per heavy atom. The Morgan fingerprint density at radius 2 is 1.07 bits per heavy atom.